The number of ether oxygens (including phenoxy) is 1. The van der Waals surface area contributed by atoms with Crippen LogP contribution in [-0.4, -0.2) is 23.8 Å². The van der Waals surface area contributed by atoms with Crippen LogP contribution in [0.15, 0.2) is 48.5 Å². The van der Waals surface area contributed by atoms with Crippen molar-refractivity contribution < 1.29 is 14.3 Å². The molecule has 0 radical (unpaired) electrons. The van der Waals surface area contributed by atoms with Crippen molar-refractivity contribution in [3.8, 4) is 5.75 Å². The van der Waals surface area contributed by atoms with Crippen molar-refractivity contribution in [3.63, 3.8) is 0 Å². The van der Waals surface area contributed by atoms with E-state index in [1.165, 1.54) is 6.92 Å². The summed E-state index contributed by atoms with van der Waals surface area (Å²) in [6.07, 6.45) is 0. The summed E-state index contributed by atoms with van der Waals surface area (Å²) in [5.41, 5.74) is 2.44. The Labute approximate surface area is 133 Å². The van der Waals surface area contributed by atoms with Crippen LogP contribution in [0.2, 0.25) is 0 Å². The highest BCUT2D eigenvalue weighted by Gasteiger charge is 2.11. The van der Waals surface area contributed by atoms with Crippen LogP contribution in [0.3, 0.4) is 0 Å². The second kappa shape index (κ2) is 5.96. The summed E-state index contributed by atoms with van der Waals surface area (Å²) >= 11 is 0. The molecule has 0 spiro atoms. The van der Waals surface area contributed by atoms with Gasteiger partial charge in [0, 0.05) is 22.2 Å². The van der Waals surface area contributed by atoms with Crippen molar-refractivity contribution in [2.24, 2.45) is 0 Å². The van der Waals surface area contributed by atoms with Gasteiger partial charge in [-0.25, -0.2) is 0 Å². The zero-order valence-electron chi connectivity index (χ0n) is 12.8. The third-order valence-corrected chi connectivity index (χ3v) is 3.60. The van der Waals surface area contributed by atoms with Crippen molar-refractivity contribution in [2.75, 3.05) is 12.4 Å². The number of nitrogens with one attached hydrogen (secondary N) is 2. The van der Waals surface area contributed by atoms with Crippen LogP contribution in [0.5, 0.6) is 5.75 Å². The fourth-order valence-corrected chi connectivity index (χ4v) is 2.37. The molecule has 5 heteroatoms. The lowest BCUT2D eigenvalue weighted by atomic mass is 10.1. The molecule has 0 aliphatic carbocycles. The number of Topliss-reactive ketones (excluding diaryl/α,β-unsaturated/α-hetero) is 1. The van der Waals surface area contributed by atoms with E-state index >= 15 is 0 Å². The molecule has 1 amide bonds. The maximum atomic E-state index is 12.4. The zero-order valence-corrected chi connectivity index (χ0v) is 12.8. The average Bonchev–Trinajstić information content (AvgIpc) is 2.98. The van der Waals surface area contributed by atoms with Crippen LogP contribution in [0, 0.1) is 0 Å². The molecule has 2 aromatic carbocycles. The number of ketones is 1. The minimum Gasteiger partial charge on any atom is -0.497 e. The summed E-state index contributed by atoms with van der Waals surface area (Å²) < 4.78 is 5.18. The first-order valence-corrected chi connectivity index (χ1v) is 7.16. The number of benzene rings is 2. The van der Waals surface area contributed by atoms with Gasteiger partial charge in [0.2, 0.25) is 0 Å². The Balaban J connectivity index is 1.85. The smallest absolute Gasteiger partial charge is 0.272 e. The third-order valence-electron chi connectivity index (χ3n) is 3.60. The van der Waals surface area contributed by atoms with Gasteiger partial charge in [0.15, 0.2) is 5.78 Å². The summed E-state index contributed by atoms with van der Waals surface area (Å²) in [5.74, 6) is 0.428. The first-order valence-electron chi connectivity index (χ1n) is 7.16. The van der Waals surface area contributed by atoms with Crippen molar-refractivity contribution in [2.45, 2.75) is 6.92 Å². The van der Waals surface area contributed by atoms with E-state index in [1.807, 2.05) is 18.2 Å². The van der Waals surface area contributed by atoms with Crippen LogP contribution in [0.1, 0.15) is 27.8 Å². The topological polar surface area (TPSA) is 71.2 Å². The molecule has 0 saturated carbocycles. The minimum atomic E-state index is -0.263. The number of aromatic amines is 1. The first kappa shape index (κ1) is 14.8. The molecule has 3 aromatic rings. The van der Waals surface area contributed by atoms with Gasteiger partial charge in [-0.15, -0.1) is 0 Å². The molecule has 0 aliphatic rings. The molecule has 1 aromatic heterocycles. The SMILES string of the molecule is COc1ccc2[nH]c(C(=O)Nc3cccc(C(C)=O)c3)cc2c1. The number of aromatic nitrogens is 1. The fraction of sp³-hybridized carbons (Fsp3) is 0.111. The highest BCUT2D eigenvalue weighted by Crippen LogP contribution is 2.22. The second-order valence-corrected chi connectivity index (χ2v) is 5.23. The molecule has 2 N–H and O–H groups in total. The number of hydrogen-bond acceptors (Lipinski definition) is 3. The number of fused-ring (bicyclic) bond motifs is 1. The quantitative estimate of drug-likeness (QED) is 0.723. The number of amides is 1. The second-order valence-electron chi connectivity index (χ2n) is 5.23. The first-order chi connectivity index (χ1) is 11.1. The normalized spacial score (nSPS) is 10.5. The molecule has 0 aliphatic heterocycles. The van der Waals surface area contributed by atoms with E-state index in [1.54, 1.807) is 37.4 Å². The number of hydrogen-bond donors (Lipinski definition) is 2. The molecule has 0 atom stereocenters. The molecule has 116 valence electrons. The van der Waals surface area contributed by atoms with E-state index in [2.05, 4.69) is 10.3 Å². The van der Waals surface area contributed by atoms with E-state index in [9.17, 15) is 9.59 Å². The summed E-state index contributed by atoms with van der Waals surface area (Å²) in [4.78, 5) is 26.8. The number of anilines is 1. The average molecular weight is 308 g/mol. The van der Waals surface area contributed by atoms with Gasteiger partial charge in [-0.05, 0) is 43.3 Å². The van der Waals surface area contributed by atoms with Crippen LogP contribution >= 0.6 is 0 Å². The van der Waals surface area contributed by atoms with Crippen LogP contribution in [0.25, 0.3) is 10.9 Å². The highest BCUT2D eigenvalue weighted by molar-refractivity contribution is 6.06. The highest BCUT2D eigenvalue weighted by atomic mass is 16.5. The van der Waals surface area contributed by atoms with Crippen molar-refractivity contribution in [1.82, 2.24) is 4.98 Å². The van der Waals surface area contributed by atoms with Gasteiger partial charge in [0.05, 0.1) is 7.11 Å². The van der Waals surface area contributed by atoms with Crippen molar-refractivity contribution in [3.05, 3.63) is 59.8 Å². The van der Waals surface area contributed by atoms with Gasteiger partial charge >= 0.3 is 0 Å². The number of carbonyl (C=O) groups excluding carboxylic acids is 2. The molecule has 5 nitrogen and oxygen atoms in total. The Morgan fingerprint density at radius 1 is 1.09 bits per heavy atom. The number of methoxy groups -OCH3 is 1. The van der Waals surface area contributed by atoms with Crippen LogP contribution in [0.4, 0.5) is 5.69 Å². The van der Waals surface area contributed by atoms with E-state index in [0.717, 1.165) is 16.7 Å². The monoisotopic (exact) mass is 308 g/mol. The Bertz CT molecular complexity index is 896. The van der Waals surface area contributed by atoms with E-state index in [4.69, 9.17) is 4.74 Å². The fourth-order valence-electron chi connectivity index (χ4n) is 2.37. The van der Waals surface area contributed by atoms with Crippen molar-refractivity contribution in [1.29, 1.82) is 0 Å². The third kappa shape index (κ3) is 3.08. The summed E-state index contributed by atoms with van der Waals surface area (Å²) in [6, 6.07) is 14.2. The lowest BCUT2D eigenvalue weighted by Gasteiger charge is -2.05. The maximum absolute atomic E-state index is 12.4. The van der Waals surface area contributed by atoms with Gasteiger partial charge in [-0.3, -0.25) is 9.59 Å². The zero-order chi connectivity index (χ0) is 16.4. The van der Waals surface area contributed by atoms with Crippen LogP contribution in [-0.2, 0) is 0 Å². The number of rotatable bonds is 4. The standard InChI is InChI=1S/C18H16N2O3/c1-11(21)12-4-3-5-14(8-12)19-18(22)17-10-13-9-15(23-2)6-7-16(13)20-17/h3-10,20H,1-2H3,(H,19,22). The molecule has 0 saturated heterocycles. The Morgan fingerprint density at radius 2 is 1.91 bits per heavy atom. The lowest BCUT2D eigenvalue weighted by Crippen LogP contribution is -2.12. The molecule has 0 unspecified atom stereocenters. The van der Waals surface area contributed by atoms with Crippen LogP contribution < -0.4 is 10.1 Å². The predicted octanol–water partition coefficient (Wildman–Crippen LogP) is 3.63. The molecule has 0 bridgehead atoms. The maximum Gasteiger partial charge on any atom is 0.272 e. The molecule has 0 fully saturated rings. The van der Waals surface area contributed by atoms with Gasteiger partial charge in [0.25, 0.3) is 5.91 Å². The van der Waals surface area contributed by atoms with E-state index < -0.39 is 0 Å². The molecule has 3 rings (SSSR count). The largest absolute Gasteiger partial charge is 0.497 e. The summed E-state index contributed by atoms with van der Waals surface area (Å²) in [6.45, 7) is 1.49. The predicted molar refractivity (Wildman–Crippen MR) is 89.3 cm³/mol. The van der Waals surface area contributed by atoms with Gasteiger partial charge in [-0.1, -0.05) is 12.1 Å². The van der Waals surface area contributed by atoms with Gasteiger partial charge in [-0.2, -0.15) is 0 Å². The van der Waals surface area contributed by atoms with Crippen molar-refractivity contribution >= 4 is 28.3 Å². The Kier molecular flexibility index (Phi) is 3.85. The molecular formula is C18H16N2O3. The number of carbonyl (C=O) groups is 2. The number of H-pyrrole nitrogens is 1. The van der Waals surface area contributed by atoms with Gasteiger partial charge in [0.1, 0.15) is 11.4 Å². The molecular weight excluding hydrogens is 292 g/mol. The minimum absolute atomic E-state index is 0.0428. The van der Waals surface area contributed by atoms with E-state index in [-0.39, 0.29) is 11.7 Å². The Hall–Kier alpha value is -3.08. The molecule has 23 heavy (non-hydrogen) atoms. The summed E-state index contributed by atoms with van der Waals surface area (Å²) in [7, 11) is 1.60. The lowest BCUT2D eigenvalue weighted by molar-refractivity contribution is 0.100. The molecule has 1 heterocycles. The van der Waals surface area contributed by atoms with Gasteiger partial charge < -0.3 is 15.0 Å². The van der Waals surface area contributed by atoms with E-state index in [0.29, 0.717) is 16.9 Å². The Morgan fingerprint density at radius 3 is 2.65 bits per heavy atom. The summed E-state index contributed by atoms with van der Waals surface area (Å²) in [5, 5.41) is 3.68.